The molecule has 136 valence electrons. The Hall–Kier alpha value is -2.68. The highest BCUT2D eigenvalue weighted by atomic mass is 16.6. The molecule has 2 amide bonds. The van der Waals surface area contributed by atoms with Crippen LogP contribution in [0, 0.1) is 10.1 Å². The topological polar surface area (TPSA) is 105 Å². The molecule has 0 atom stereocenters. The molecule has 0 bridgehead atoms. The van der Waals surface area contributed by atoms with Crippen LogP contribution in [0.25, 0.3) is 0 Å². The number of piperazine rings is 1. The summed E-state index contributed by atoms with van der Waals surface area (Å²) in [6.07, 6.45) is -0.500. The number of nitro groups is 1. The van der Waals surface area contributed by atoms with Crippen molar-refractivity contribution in [2.45, 2.75) is 19.9 Å². The molecule has 0 saturated carbocycles. The molecule has 9 nitrogen and oxygen atoms in total. The Morgan fingerprint density at radius 1 is 1.20 bits per heavy atom. The van der Waals surface area contributed by atoms with Crippen LogP contribution in [0.4, 0.5) is 10.5 Å². The molecule has 0 spiro atoms. The Morgan fingerprint density at radius 2 is 1.80 bits per heavy atom. The number of rotatable bonds is 5. The second kappa shape index (κ2) is 8.43. The summed E-state index contributed by atoms with van der Waals surface area (Å²) in [5.41, 5.74) is -0.0620. The van der Waals surface area contributed by atoms with Crippen molar-refractivity contribution in [1.82, 2.24) is 15.1 Å². The summed E-state index contributed by atoms with van der Waals surface area (Å²) in [4.78, 5) is 37.5. The van der Waals surface area contributed by atoms with Crippen molar-refractivity contribution in [1.29, 1.82) is 0 Å². The second-order valence-electron chi connectivity index (χ2n) is 6.10. The van der Waals surface area contributed by atoms with Gasteiger partial charge in [-0.1, -0.05) is 0 Å². The van der Waals surface area contributed by atoms with Gasteiger partial charge < -0.3 is 15.0 Å². The van der Waals surface area contributed by atoms with E-state index >= 15 is 0 Å². The van der Waals surface area contributed by atoms with E-state index in [1.54, 1.807) is 4.90 Å². The lowest BCUT2D eigenvalue weighted by atomic mass is 10.3. The number of nitrogens with zero attached hydrogens (tertiary/aromatic N) is 3. The molecule has 9 heteroatoms. The van der Waals surface area contributed by atoms with Gasteiger partial charge in [0.1, 0.15) is 5.75 Å². The minimum absolute atomic E-state index is 0.0306. The number of nitro benzene ring substituents is 1. The number of hydrogen-bond acceptors (Lipinski definition) is 6. The van der Waals surface area contributed by atoms with Gasteiger partial charge in [0.25, 0.3) is 5.69 Å². The third-order valence-electron chi connectivity index (χ3n) is 3.70. The molecule has 1 aliphatic heterocycles. The van der Waals surface area contributed by atoms with Crippen molar-refractivity contribution in [3.63, 3.8) is 0 Å². The van der Waals surface area contributed by atoms with Crippen LogP contribution in [-0.2, 0) is 4.79 Å². The maximum Gasteiger partial charge on any atom is 0.415 e. The molecule has 1 fully saturated rings. The molecule has 0 radical (unpaired) electrons. The van der Waals surface area contributed by atoms with E-state index in [1.165, 1.54) is 24.3 Å². The maximum absolute atomic E-state index is 12.1. The van der Waals surface area contributed by atoms with E-state index in [0.717, 1.165) is 0 Å². The lowest BCUT2D eigenvalue weighted by molar-refractivity contribution is -0.384. The smallest absolute Gasteiger partial charge is 0.410 e. The molecule has 1 aromatic rings. The van der Waals surface area contributed by atoms with Crippen LogP contribution in [0.15, 0.2) is 24.3 Å². The monoisotopic (exact) mass is 350 g/mol. The first-order valence-corrected chi connectivity index (χ1v) is 8.08. The molecule has 0 unspecified atom stereocenters. The van der Waals surface area contributed by atoms with E-state index < -0.39 is 11.0 Å². The predicted molar refractivity (Wildman–Crippen MR) is 90.4 cm³/mol. The van der Waals surface area contributed by atoms with Crippen LogP contribution >= 0.6 is 0 Å². The highest BCUT2D eigenvalue weighted by Crippen LogP contribution is 2.18. The van der Waals surface area contributed by atoms with Crippen LogP contribution in [0.1, 0.15) is 13.8 Å². The van der Waals surface area contributed by atoms with Crippen molar-refractivity contribution < 1.29 is 19.2 Å². The Labute approximate surface area is 145 Å². The SMILES string of the molecule is CC(C)NC(=O)CN1CCN(C(=O)Oc2ccc([N+](=O)[O-])cc2)CC1. The van der Waals surface area contributed by atoms with E-state index in [9.17, 15) is 19.7 Å². The number of ether oxygens (including phenoxy) is 1. The van der Waals surface area contributed by atoms with E-state index in [0.29, 0.717) is 32.7 Å². The van der Waals surface area contributed by atoms with Crippen LogP contribution in [0.3, 0.4) is 0 Å². The molecule has 1 N–H and O–H groups in total. The van der Waals surface area contributed by atoms with Crippen molar-refractivity contribution in [3.05, 3.63) is 34.4 Å². The van der Waals surface area contributed by atoms with Crippen molar-refractivity contribution >= 4 is 17.7 Å². The standard InChI is InChI=1S/C16H22N4O5/c1-12(2)17-15(21)11-18-7-9-19(10-8-18)16(22)25-14-5-3-13(4-6-14)20(23)24/h3-6,12H,7-11H2,1-2H3,(H,17,21). The number of amides is 2. The molecule has 1 aliphatic rings. The minimum atomic E-state index is -0.514. The summed E-state index contributed by atoms with van der Waals surface area (Å²) >= 11 is 0. The Bertz CT molecular complexity index is 624. The first-order valence-electron chi connectivity index (χ1n) is 8.08. The fourth-order valence-corrected chi connectivity index (χ4v) is 2.46. The lowest BCUT2D eigenvalue weighted by Gasteiger charge is -2.33. The second-order valence-corrected chi connectivity index (χ2v) is 6.10. The minimum Gasteiger partial charge on any atom is -0.410 e. The summed E-state index contributed by atoms with van der Waals surface area (Å²) in [6, 6.07) is 5.46. The predicted octanol–water partition coefficient (Wildman–Crippen LogP) is 1.24. The fourth-order valence-electron chi connectivity index (χ4n) is 2.46. The van der Waals surface area contributed by atoms with Crippen LogP contribution in [-0.4, -0.2) is 65.5 Å². The van der Waals surface area contributed by atoms with Gasteiger partial charge in [0.05, 0.1) is 11.5 Å². The summed E-state index contributed by atoms with van der Waals surface area (Å²) in [7, 11) is 0. The zero-order valence-corrected chi connectivity index (χ0v) is 14.3. The first kappa shape index (κ1) is 18.7. The Balaban J connectivity index is 1.79. The van der Waals surface area contributed by atoms with Crippen molar-refractivity contribution in [3.8, 4) is 5.75 Å². The van der Waals surface area contributed by atoms with Gasteiger partial charge in [-0.15, -0.1) is 0 Å². The zero-order chi connectivity index (χ0) is 18.4. The van der Waals surface area contributed by atoms with Crippen molar-refractivity contribution in [2.75, 3.05) is 32.7 Å². The fraction of sp³-hybridized carbons (Fsp3) is 0.500. The first-order chi connectivity index (χ1) is 11.8. The normalized spacial score (nSPS) is 15.1. The lowest BCUT2D eigenvalue weighted by Crippen LogP contribution is -2.52. The molecular formula is C16H22N4O5. The number of nitrogens with one attached hydrogen (secondary N) is 1. The number of non-ortho nitro benzene ring substituents is 1. The van der Waals surface area contributed by atoms with Gasteiger partial charge in [-0.3, -0.25) is 19.8 Å². The largest absolute Gasteiger partial charge is 0.415 e. The van der Waals surface area contributed by atoms with Gasteiger partial charge in [0.15, 0.2) is 0 Å². The number of hydrogen-bond donors (Lipinski definition) is 1. The van der Waals surface area contributed by atoms with Gasteiger partial charge in [0, 0.05) is 44.4 Å². The van der Waals surface area contributed by atoms with Gasteiger partial charge >= 0.3 is 6.09 Å². The maximum atomic E-state index is 12.1. The average Bonchev–Trinajstić information content (AvgIpc) is 2.55. The molecule has 0 aromatic heterocycles. The van der Waals surface area contributed by atoms with Crippen LogP contribution in [0.5, 0.6) is 5.75 Å². The van der Waals surface area contributed by atoms with E-state index in [4.69, 9.17) is 4.74 Å². The van der Waals surface area contributed by atoms with E-state index in [2.05, 4.69) is 5.32 Å². The third kappa shape index (κ3) is 5.71. The average molecular weight is 350 g/mol. The third-order valence-corrected chi connectivity index (χ3v) is 3.70. The zero-order valence-electron chi connectivity index (χ0n) is 14.3. The summed E-state index contributed by atoms with van der Waals surface area (Å²) < 4.78 is 5.22. The van der Waals surface area contributed by atoms with Gasteiger partial charge in [0.2, 0.25) is 5.91 Å². The van der Waals surface area contributed by atoms with Crippen molar-refractivity contribution in [2.24, 2.45) is 0 Å². The van der Waals surface area contributed by atoms with E-state index in [1.807, 2.05) is 18.7 Å². The highest BCUT2D eigenvalue weighted by molar-refractivity contribution is 5.78. The summed E-state index contributed by atoms with van der Waals surface area (Å²) in [5.74, 6) is 0.228. The van der Waals surface area contributed by atoms with E-state index in [-0.39, 0.29) is 23.4 Å². The summed E-state index contributed by atoms with van der Waals surface area (Å²) in [5, 5.41) is 13.4. The summed E-state index contributed by atoms with van der Waals surface area (Å²) in [6.45, 7) is 6.21. The number of benzene rings is 1. The number of carbonyl (C=O) groups excluding carboxylic acids is 2. The molecule has 1 saturated heterocycles. The van der Waals surface area contributed by atoms with Crippen LogP contribution < -0.4 is 10.1 Å². The van der Waals surface area contributed by atoms with Gasteiger partial charge in [-0.2, -0.15) is 0 Å². The Kier molecular flexibility index (Phi) is 6.29. The Morgan fingerprint density at radius 3 is 2.32 bits per heavy atom. The molecule has 2 rings (SSSR count). The molecular weight excluding hydrogens is 328 g/mol. The highest BCUT2D eigenvalue weighted by Gasteiger charge is 2.24. The molecule has 1 aromatic carbocycles. The molecule has 25 heavy (non-hydrogen) atoms. The molecule has 1 heterocycles. The van der Waals surface area contributed by atoms with Gasteiger partial charge in [-0.05, 0) is 26.0 Å². The van der Waals surface area contributed by atoms with Crippen LogP contribution in [0.2, 0.25) is 0 Å². The molecule has 0 aliphatic carbocycles. The number of carbonyl (C=O) groups is 2. The van der Waals surface area contributed by atoms with Gasteiger partial charge in [-0.25, -0.2) is 4.79 Å². The quantitative estimate of drug-likeness (QED) is 0.633.